The van der Waals surface area contributed by atoms with Crippen LogP contribution in [0.2, 0.25) is 5.02 Å². The summed E-state index contributed by atoms with van der Waals surface area (Å²) < 4.78 is 117. The molecule has 3 saturated heterocycles. The Morgan fingerprint density at radius 3 is 2.25 bits per heavy atom. The SMILES string of the molecule is C[C@H]1c2c(cc(F)c(Cl)c2-c2c(C(N)=O)ccc(OCC(F)(F)F)c2F)O[C@]1(CNC1CCC(C(=O)N2CCC(CN3CCC(c4c(F)cc5c(N6CCC(=O)NC6=O)nn(C)c5c4F)CC3)CC2)CC1)c1ccccc1. The number of anilines is 1. The molecular weight excluding hydrogens is 1040 g/mol. The number of nitrogens with zero attached hydrogens (tertiary/aromatic N) is 5. The summed E-state index contributed by atoms with van der Waals surface area (Å²) in [6, 6.07) is 12.5. The molecule has 410 valence electrons. The monoisotopic (exact) mass is 1090 g/mol. The van der Waals surface area contributed by atoms with Crippen molar-refractivity contribution in [1.29, 1.82) is 0 Å². The van der Waals surface area contributed by atoms with Crippen LogP contribution in [0.4, 0.5) is 41.3 Å². The fourth-order valence-corrected chi connectivity index (χ4v) is 12.6. The number of likely N-dealkylation sites (tertiary alicyclic amines) is 2. The van der Waals surface area contributed by atoms with Crippen molar-refractivity contribution in [3.63, 3.8) is 0 Å². The van der Waals surface area contributed by atoms with E-state index in [9.17, 15) is 32.3 Å². The van der Waals surface area contributed by atoms with E-state index in [1.165, 1.54) is 15.6 Å². The summed E-state index contributed by atoms with van der Waals surface area (Å²) in [4.78, 5) is 56.5. The lowest BCUT2D eigenvalue weighted by Crippen LogP contribution is -2.49. The average molecular weight is 1100 g/mol. The summed E-state index contributed by atoms with van der Waals surface area (Å²) in [5.74, 6) is -6.86. The van der Waals surface area contributed by atoms with Crippen molar-refractivity contribution in [3.8, 4) is 22.6 Å². The lowest BCUT2D eigenvalue weighted by atomic mass is 9.77. The van der Waals surface area contributed by atoms with Crippen LogP contribution >= 0.6 is 11.6 Å². The standard InChI is InChI=1S/C55H58ClF7N8O6/c1-29-42-40(25-38(58)46(56)45(42)44-35(50(64)73)12-13-39(47(44)59)76-28-55(61,62)63)77-54(29,33-6-4-3-5-7-33)27-65-34-10-8-32(9-11-34)52(74)70-21-14-30(15-22-70)26-69-19-16-31(17-20-69)43-37(57)24-36-49(48(43)60)68(2)67-51(36)71-23-18-41(72)66-53(71)75/h3-7,12-13,24-25,29-32,34,65H,8-11,14-23,26-28H2,1-2H3,(H2,64,73)(H,66,72,75)/t29-,32?,34?,54-/m0/s1. The Morgan fingerprint density at radius 2 is 1.58 bits per heavy atom. The van der Waals surface area contributed by atoms with Gasteiger partial charge in [0.2, 0.25) is 17.7 Å². The van der Waals surface area contributed by atoms with Crippen molar-refractivity contribution >= 4 is 52.1 Å². The number of carbonyl (C=O) groups is 4. The topological polar surface area (TPSA) is 164 Å². The van der Waals surface area contributed by atoms with E-state index in [0.29, 0.717) is 76.2 Å². The van der Waals surface area contributed by atoms with E-state index in [1.54, 1.807) is 14.0 Å². The quantitative estimate of drug-likeness (QED) is 0.0975. The normalized spacial score (nSPS) is 22.8. The molecule has 10 rings (SSSR count). The minimum absolute atomic E-state index is 0.00729. The van der Waals surface area contributed by atoms with Crippen molar-refractivity contribution in [1.82, 2.24) is 30.2 Å². The number of benzene rings is 4. The summed E-state index contributed by atoms with van der Waals surface area (Å²) in [7, 11) is 1.54. The van der Waals surface area contributed by atoms with Crippen molar-refractivity contribution in [3.05, 3.63) is 105 Å². The first-order valence-electron chi connectivity index (χ1n) is 26.0. The van der Waals surface area contributed by atoms with E-state index >= 15 is 17.6 Å². The van der Waals surface area contributed by atoms with Gasteiger partial charge in [-0.2, -0.15) is 18.3 Å². The van der Waals surface area contributed by atoms with Crippen molar-refractivity contribution < 1.29 is 59.4 Å². The van der Waals surface area contributed by atoms with E-state index in [1.807, 2.05) is 35.2 Å². The summed E-state index contributed by atoms with van der Waals surface area (Å²) in [5.41, 5.74) is 4.05. The van der Waals surface area contributed by atoms with Gasteiger partial charge >= 0.3 is 12.2 Å². The number of amides is 5. The van der Waals surface area contributed by atoms with Gasteiger partial charge in [0.1, 0.15) is 22.9 Å². The maximum Gasteiger partial charge on any atom is 0.422 e. The largest absolute Gasteiger partial charge is 0.481 e. The number of piperidine rings is 2. The van der Waals surface area contributed by atoms with E-state index < -0.39 is 87.3 Å². The number of fused-ring (bicyclic) bond motifs is 2. The molecule has 5 heterocycles. The first-order valence-corrected chi connectivity index (χ1v) is 26.4. The molecule has 0 unspecified atom stereocenters. The molecule has 1 aliphatic carbocycles. The molecule has 0 radical (unpaired) electrons. The number of nitrogens with two attached hydrogens (primary N) is 1. The van der Waals surface area contributed by atoms with Crippen LogP contribution in [0.1, 0.15) is 104 Å². The van der Waals surface area contributed by atoms with Crippen molar-refractivity contribution in [2.45, 2.75) is 94.4 Å². The molecule has 22 heteroatoms. The lowest BCUT2D eigenvalue weighted by molar-refractivity contribution is -0.153. The fourth-order valence-electron chi connectivity index (χ4n) is 12.4. The van der Waals surface area contributed by atoms with Gasteiger partial charge in [-0.25, -0.2) is 22.4 Å². The molecule has 14 nitrogen and oxygen atoms in total. The van der Waals surface area contributed by atoms with E-state index in [4.69, 9.17) is 26.8 Å². The minimum atomic E-state index is -4.82. The van der Waals surface area contributed by atoms with Gasteiger partial charge in [0, 0.05) is 92.4 Å². The van der Waals surface area contributed by atoms with Gasteiger partial charge in [0.25, 0.3) is 0 Å². The number of primary amides is 1. The van der Waals surface area contributed by atoms with Gasteiger partial charge in [0.15, 0.2) is 35.4 Å². The second kappa shape index (κ2) is 21.4. The summed E-state index contributed by atoms with van der Waals surface area (Å²) in [6.07, 6.45) is 0.636. The highest BCUT2D eigenvalue weighted by atomic mass is 35.5. The molecule has 5 aromatic rings. The molecule has 77 heavy (non-hydrogen) atoms. The number of aryl methyl sites for hydroxylation is 1. The maximum absolute atomic E-state index is 16.4. The molecule has 4 aliphatic heterocycles. The zero-order valence-electron chi connectivity index (χ0n) is 42.4. The fraction of sp³-hybridized carbons (Fsp3) is 0.473. The Hall–Kier alpha value is -6.45. The highest BCUT2D eigenvalue weighted by Gasteiger charge is 2.50. The highest BCUT2D eigenvalue weighted by Crippen LogP contribution is 2.57. The molecule has 2 atom stereocenters. The second-order valence-corrected chi connectivity index (χ2v) is 21.4. The van der Waals surface area contributed by atoms with Crippen LogP contribution in [-0.4, -0.2) is 108 Å². The van der Waals surface area contributed by atoms with E-state index in [0.717, 1.165) is 37.6 Å². The summed E-state index contributed by atoms with van der Waals surface area (Å²) in [5, 5.41) is 9.78. The van der Waals surface area contributed by atoms with Gasteiger partial charge in [-0.05, 0) is 100 Å². The molecule has 0 bridgehead atoms. The number of hydrogen-bond acceptors (Lipinski definition) is 9. The molecular formula is C55H58ClF7N8O6. The molecule has 4 N–H and O–H groups in total. The van der Waals surface area contributed by atoms with Crippen molar-refractivity contribution in [2.75, 3.05) is 57.3 Å². The van der Waals surface area contributed by atoms with Crippen molar-refractivity contribution in [2.24, 2.45) is 24.6 Å². The number of hydrogen-bond donors (Lipinski definition) is 3. The van der Waals surface area contributed by atoms with E-state index in [2.05, 4.69) is 20.6 Å². The Bertz CT molecular complexity index is 3120. The summed E-state index contributed by atoms with van der Waals surface area (Å²) >= 11 is 6.62. The van der Waals surface area contributed by atoms with Crippen LogP contribution in [0.15, 0.2) is 54.6 Å². The number of nitrogens with one attached hydrogen (secondary N) is 2. The molecule has 1 aromatic heterocycles. The van der Waals surface area contributed by atoms with Crippen LogP contribution in [0.3, 0.4) is 0 Å². The lowest BCUT2D eigenvalue weighted by Gasteiger charge is -2.40. The number of alkyl halides is 3. The number of carbonyl (C=O) groups excluding carboxylic acids is 4. The first-order chi connectivity index (χ1) is 36.7. The van der Waals surface area contributed by atoms with Gasteiger partial charge in [-0.15, -0.1) is 0 Å². The van der Waals surface area contributed by atoms with Gasteiger partial charge < -0.3 is 30.3 Å². The second-order valence-electron chi connectivity index (χ2n) is 21.1. The molecule has 5 amide bonds. The molecule has 0 spiro atoms. The van der Waals surface area contributed by atoms with Crippen LogP contribution in [-0.2, 0) is 22.2 Å². The van der Waals surface area contributed by atoms with Gasteiger partial charge in [-0.1, -0.05) is 48.9 Å². The van der Waals surface area contributed by atoms with Gasteiger partial charge in [0.05, 0.1) is 16.0 Å². The summed E-state index contributed by atoms with van der Waals surface area (Å²) in [6.45, 7) is 3.58. The predicted molar refractivity (Wildman–Crippen MR) is 272 cm³/mol. The molecule has 1 saturated carbocycles. The zero-order valence-corrected chi connectivity index (χ0v) is 43.1. The van der Waals surface area contributed by atoms with Crippen LogP contribution in [0.5, 0.6) is 11.5 Å². The smallest absolute Gasteiger partial charge is 0.422 e. The van der Waals surface area contributed by atoms with Crippen LogP contribution < -0.4 is 30.7 Å². The third-order valence-corrected chi connectivity index (χ3v) is 16.8. The number of halogens is 8. The molecule has 4 fully saturated rings. The number of ether oxygens (including phenoxy) is 2. The Balaban J connectivity index is 0.744. The maximum atomic E-state index is 16.4. The Kier molecular flexibility index (Phi) is 15.0. The third kappa shape index (κ3) is 10.4. The van der Waals surface area contributed by atoms with Crippen LogP contribution in [0, 0.1) is 35.1 Å². The number of urea groups is 1. The van der Waals surface area contributed by atoms with Crippen LogP contribution in [0.25, 0.3) is 22.0 Å². The van der Waals surface area contributed by atoms with Gasteiger partial charge in [-0.3, -0.25) is 29.3 Å². The first kappa shape index (κ1) is 53.9. The van der Waals surface area contributed by atoms with E-state index in [-0.39, 0.29) is 82.5 Å². The zero-order chi connectivity index (χ0) is 54.7. The molecule has 5 aliphatic rings. The molecule has 4 aromatic carbocycles. The number of imide groups is 1. The Labute approximate surface area is 444 Å². The minimum Gasteiger partial charge on any atom is -0.481 e. The third-order valence-electron chi connectivity index (χ3n) is 16.4. The average Bonchev–Trinajstić information content (AvgIpc) is 3.97. The number of aromatic nitrogens is 2. The predicted octanol–water partition coefficient (Wildman–Crippen LogP) is 9.59. The number of rotatable bonds is 13. The highest BCUT2D eigenvalue weighted by molar-refractivity contribution is 6.34. The Morgan fingerprint density at radius 1 is 0.883 bits per heavy atom.